The topological polar surface area (TPSA) is 72.9 Å². The number of hydrogen-bond acceptors (Lipinski definition) is 5. The minimum atomic E-state index is -0.829. The molecule has 0 spiro atoms. The highest BCUT2D eigenvalue weighted by Gasteiger charge is 2.61. The molecule has 2 amide bonds. The van der Waals surface area contributed by atoms with Gasteiger partial charge >= 0.3 is 5.97 Å². The van der Waals surface area contributed by atoms with E-state index in [0.717, 1.165) is 16.7 Å². The Kier molecular flexibility index (Phi) is 8.51. The molecular formula is C31H33NO5. The number of hydrogen-bond donors (Lipinski definition) is 0. The minimum Gasteiger partial charge on any atom is -0.459 e. The molecular weight excluding hydrogens is 466 g/mol. The van der Waals surface area contributed by atoms with E-state index in [0.29, 0.717) is 12.8 Å². The predicted molar refractivity (Wildman–Crippen MR) is 140 cm³/mol. The van der Waals surface area contributed by atoms with Crippen molar-refractivity contribution in [1.29, 1.82) is 0 Å². The average Bonchev–Trinajstić information content (AvgIpc) is 2.95. The molecule has 6 heteroatoms. The van der Waals surface area contributed by atoms with Crippen LogP contribution in [0.4, 0.5) is 0 Å². The molecule has 4 rings (SSSR count). The largest absolute Gasteiger partial charge is 0.459 e. The van der Waals surface area contributed by atoms with E-state index in [1.165, 1.54) is 4.90 Å². The second-order valence-corrected chi connectivity index (χ2v) is 9.32. The molecule has 0 aromatic heterocycles. The number of esters is 1. The van der Waals surface area contributed by atoms with Gasteiger partial charge in [0.15, 0.2) is 6.23 Å². The Hall–Kier alpha value is -3.77. The first-order chi connectivity index (χ1) is 18.0. The minimum absolute atomic E-state index is 0.113. The van der Waals surface area contributed by atoms with E-state index in [4.69, 9.17) is 9.47 Å². The number of β-lactam (4-membered cyclic amide) rings is 1. The molecule has 192 valence electrons. The number of amides is 2. The van der Waals surface area contributed by atoms with E-state index in [1.807, 2.05) is 105 Å². The number of benzene rings is 3. The lowest BCUT2D eigenvalue weighted by Crippen LogP contribution is -2.71. The second kappa shape index (κ2) is 12.0. The third-order valence-electron chi connectivity index (χ3n) is 7.27. The summed E-state index contributed by atoms with van der Waals surface area (Å²) < 4.78 is 11.3. The Balaban J connectivity index is 1.48. The number of ether oxygens (including phenoxy) is 2. The Labute approximate surface area is 218 Å². The lowest BCUT2D eigenvalue weighted by atomic mass is 9.71. The van der Waals surface area contributed by atoms with Crippen LogP contribution in [0.2, 0.25) is 0 Å². The molecule has 1 heterocycles. The summed E-state index contributed by atoms with van der Waals surface area (Å²) in [7, 11) is 0. The van der Waals surface area contributed by atoms with E-state index in [-0.39, 0.29) is 37.4 Å². The smallest absolute Gasteiger partial charge is 0.332 e. The number of rotatable bonds is 11. The van der Waals surface area contributed by atoms with Crippen LogP contribution in [0.25, 0.3) is 0 Å². The molecule has 0 aliphatic carbocycles. The maximum atomic E-state index is 13.6. The van der Waals surface area contributed by atoms with Crippen LogP contribution in [0.3, 0.4) is 0 Å². The van der Waals surface area contributed by atoms with Crippen molar-refractivity contribution in [3.8, 4) is 0 Å². The van der Waals surface area contributed by atoms with Crippen LogP contribution in [-0.2, 0) is 30.5 Å². The Bertz CT molecular complexity index is 1150. The van der Waals surface area contributed by atoms with Crippen molar-refractivity contribution in [1.82, 2.24) is 4.90 Å². The van der Waals surface area contributed by atoms with E-state index in [2.05, 4.69) is 0 Å². The van der Waals surface area contributed by atoms with Gasteiger partial charge in [0.05, 0.1) is 5.41 Å². The molecule has 1 aliphatic rings. The molecule has 0 saturated carbocycles. The summed E-state index contributed by atoms with van der Waals surface area (Å²) in [6.07, 6.45) is 0.327. The van der Waals surface area contributed by atoms with Crippen LogP contribution in [0, 0.1) is 5.41 Å². The van der Waals surface area contributed by atoms with Crippen molar-refractivity contribution in [2.45, 2.75) is 51.9 Å². The number of carbonyl (C=O) groups excluding carboxylic acids is 3. The van der Waals surface area contributed by atoms with Gasteiger partial charge in [-0.15, -0.1) is 0 Å². The van der Waals surface area contributed by atoms with Gasteiger partial charge in [0.25, 0.3) is 0 Å². The third-order valence-corrected chi connectivity index (χ3v) is 7.27. The monoisotopic (exact) mass is 499 g/mol. The highest BCUT2D eigenvalue weighted by molar-refractivity contribution is 6.04. The van der Waals surface area contributed by atoms with Gasteiger partial charge < -0.3 is 9.47 Å². The van der Waals surface area contributed by atoms with E-state index >= 15 is 0 Å². The van der Waals surface area contributed by atoms with Crippen LogP contribution in [-0.4, -0.2) is 35.5 Å². The van der Waals surface area contributed by atoms with Crippen molar-refractivity contribution in [3.05, 3.63) is 108 Å². The van der Waals surface area contributed by atoms with Crippen LogP contribution < -0.4 is 0 Å². The Morgan fingerprint density at radius 3 is 1.86 bits per heavy atom. The summed E-state index contributed by atoms with van der Waals surface area (Å²) in [6, 6.07) is 29.0. The fourth-order valence-electron chi connectivity index (χ4n) is 5.01. The summed E-state index contributed by atoms with van der Waals surface area (Å²) in [5.74, 6) is -1.31. The highest BCUT2D eigenvalue weighted by atomic mass is 16.6. The SMILES string of the molecule is CCC1(CC)C(=O)N(C(=O)CC(c2ccccc2)c2ccccc2)C1OCC(=O)OCc1ccccc1. The van der Waals surface area contributed by atoms with E-state index < -0.39 is 17.6 Å². The number of carbonyl (C=O) groups is 3. The molecule has 6 nitrogen and oxygen atoms in total. The lowest BCUT2D eigenvalue weighted by molar-refractivity contribution is -0.225. The fourth-order valence-corrected chi connectivity index (χ4v) is 5.01. The molecule has 0 N–H and O–H groups in total. The maximum absolute atomic E-state index is 13.6. The van der Waals surface area contributed by atoms with Gasteiger partial charge in [-0.3, -0.25) is 14.5 Å². The third kappa shape index (κ3) is 5.65. The molecule has 1 fully saturated rings. The van der Waals surface area contributed by atoms with Crippen molar-refractivity contribution >= 4 is 17.8 Å². The maximum Gasteiger partial charge on any atom is 0.332 e. The van der Waals surface area contributed by atoms with Crippen molar-refractivity contribution in [3.63, 3.8) is 0 Å². The highest BCUT2D eigenvalue weighted by Crippen LogP contribution is 2.46. The standard InChI is InChI=1S/C31H33NO5/c1-3-31(4-2)29(35)32(30(31)37-22-28(34)36-21-23-14-8-5-9-15-23)27(33)20-26(24-16-10-6-11-17-24)25-18-12-7-13-19-25/h5-19,26,30H,3-4,20-22H2,1-2H3. The Morgan fingerprint density at radius 1 is 0.838 bits per heavy atom. The molecule has 37 heavy (non-hydrogen) atoms. The predicted octanol–water partition coefficient (Wildman–Crippen LogP) is 5.47. The molecule has 1 saturated heterocycles. The normalized spacial score (nSPS) is 16.4. The van der Waals surface area contributed by atoms with E-state index in [1.54, 1.807) is 0 Å². The molecule has 3 aromatic carbocycles. The Morgan fingerprint density at radius 2 is 1.35 bits per heavy atom. The van der Waals surface area contributed by atoms with Crippen LogP contribution >= 0.6 is 0 Å². The average molecular weight is 500 g/mol. The van der Waals surface area contributed by atoms with Gasteiger partial charge in [-0.2, -0.15) is 0 Å². The number of imide groups is 1. The lowest BCUT2D eigenvalue weighted by Gasteiger charge is -2.53. The first kappa shape index (κ1) is 26.3. The van der Waals surface area contributed by atoms with Gasteiger partial charge in [-0.25, -0.2) is 4.79 Å². The summed E-state index contributed by atoms with van der Waals surface area (Å²) in [6.45, 7) is 3.61. The summed E-state index contributed by atoms with van der Waals surface area (Å²) in [5.41, 5.74) is 2.03. The zero-order valence-corrected chi connectivity index (χ0v) is 21.3. The van der Waals surface area contributed by atoms with Gasteiger partial charge in [-0.1, -0.05) is 105 Å². The fraction of sp³-hybridized carbons (Fsp3) is 0.323. The van der Waals surface area contributed by atoms with Gasteiger partial charge in [0, 0.05) is 12.3 Å². The van der Waals surface area contributed by atoms with E-state index in [9.17, 15) is 14.4 Å². The number of likely N-dealkylation sites (tertiary alicyclic amines) is 1. The summed E-state index contributed by atoms with van der Waals surface area (Å²) >= 11 is 0. The van der Waals surface area contributed by atoms with Gasteiger partial charge in [0.1, 0.15) is 13.2 Å². The molecule has 0 radical (unpaired) electrons. The number of nitrogens with zero attached hydrogens (tertiary/aromatic N) is 1. The first-order valence-electron chi connectivity index (χ1n) is 12.8. The molecule has 1 aliphatic heterocycles. The van der Waals surface area contributed by atoms with Gasteiger partial charge in [0.2, 0.25) is 11.8 Å². The van der Waals surface area contributed by atoms with Crippen molar-refractivity contribution in [2.75, 3.05) is 6.61 Å². The summed E-state index contributed by atoms with van der Waals surface area (Å²) in [4.78, 5) is 40.5. The molecule has 3 aromatic rings. The molecule has 1 unspecified atom stereocenters. The van der Waals surface area contributed by atoms with Gasteiger partial charge in [-0.05, 0) is 29.5 Å². The zero-order valence-electron chi connectivity index (χ0n) is 21.3. The van der Waals surface area contributed by atoms with Crippen LogP contribution in [0.15, 0.2) is 91.0 Å². The zero-order chi connectivity index (χ0) is 26.3. The second-order valence-electron chi connectivity index (χ2n) is 9.32. The quantitative estimate of drug-likeness (QED) is 0.258. The summed E-state index contributed by atoms with van der Waals surface area (Å²) in [5, 5.41) is 0. The first-order valence-corrected chi connectivity index (χ1v) is 12.8. The van der Waals surface area contributed by atoms with Crippen molar-refractivity contribution < 1.29 is 23.9 Å². The van der Waals surface area contributed by atoms with Crippen LogP contribution in [0.5, 0.6) is 0 Å². The van der Waals surface area contributed by atoms with Crippen LogP contribution in [0.1, 0.15) is 55.7 Å². The molecule has 0 bridgehead atoms. The van der Waals surface area contributed by atoms with Crippen molar-refractivity contribution in [2.24, 2.45) is 5.41 Å². The molecule has 1 atom stereocenters.